The number of thioether (sulfide) groups is 1. The van der Waals surface area contributed by atoms with Crippen molar-refractivity contribution in [3.8, 4) is 5.75 Å². The first-order valence-corrected chi connectivity index (χ1v) is 9.12. The second-order valence-corrected chi connectivity index (χ2v) is 6.86. The molecule has 0 bridgehead atoms. The van der Waals surface area contributed by atoms with Crippen LogP contribution in [-0.4, -0.2) is 30.6 Å². The van der Waals surface area contributed by atoms with E-state index in [1.807, 2.05) is 24.3 Å². The van der Waals surface area contributed by atoms with Crippen LogP contribution in [0.3, 0.4) is 0 Å². The normalized spacial score (nSPS) is 12.5. The molecule has 6 nitrogen and oxygen atoms in total. The molecule has 0 aliphatic carbocycles. The van der Waals surface area contributed by atoms with E-state index >= 15 is 0 Å². The van der Waals surface area contributed by atoms with E-state index in [1.165, 1.54) is 0 Å². The van der Waals surface area contributed by atoms with E-state index < -0.39 is 11.8 Å². The minimum atomic E-state index is -0.476. The third kappa shape index (κ3) is 4.05. The lowest BCUT2D eigenvalue weighted by atomic mass is 10.1. The number of carbonyl (C=O) groups excluding carboxylic acids is 3. The van der Waals surface area contributed by atoms with Crippen molar-refractivity contribution in [2.45, 2.75) is 17.7 Å². The van der Waals surface area contributed by atoms with Crippen LogP contribution in [0.2, 0.25) is 0 Å². The van der Waals surface area contributed by atoms with Crippen LogP contribution in [0.5, 0.6) is 5.75 Å². The second-order valence-electron chi connectivity index (χ2n) is 5.69. The number of rotatable bonds is 7. The average molecular weight is 370 g/mol. The average Bonchev–Trinajstić information content (AvgIpc) is 2.94. The summed E-state index contributed by atoms with van der Waals surface area (Å²) in [5.41, 5.74) is 0.903. The molecule has 0 atom stereocenters. The Bertz CT molecular complexity index is 849. The molecule has 1 heterocycles. The molecule has 3 rings (SSSR count). The monoisotopic (exact) mass is 370 g/mol. The largest absolute Gasteiger partial charge is 0.497 e. The predicted octanol–water partition coefficient (Wildman–Crippen LogP) is 3.09. The lowest BCUT2D eigenvalue weighted by Gasteiger charge is -2.08. The predicted molar refractivity (Wildman–Crippen MR) is 99.8 cm³/mol. The van der Waals surface area contributed by atoms with Crippen molar-refractivity contribution < 1.29 is 19.1 Å². The number of benzene rings is 2. The molecular formula is C19H18N2O4S. The SMILES string of the molecule is COc1ccc(SCCCC(=O)Nc2cccc3c2C(=O)NC3=O)cc1. The van der Waals surface area contributed by atoms with Crippen LogP contribution >= 0.6 is 11.8 Å². The lowest BCUT2D eigenvalue weighted by molar-refractivity contribution is -0.116. The summed E-state index contributed by atoms with van der Waals surface area (Å²) in [6.07, 6.45) is 1.03. The number of anilines is 1. The van der Waals surface area contributed by atoms with Gasteiger partial charge in [0.05, 0.1) is 23.9 Å². The summed E-state index contributed by atoms with van der Waals surface area (Å²) in [7, 11) is 1.63. The fraction of sp³-hybridized carbons (Fsp3) is 0.211. The molecule has 7 heteroatoms. The molecule has 0 saturated carbocycles. The Morgan fingerprint density at radius 2 is 1.88 bits per heavy atom. The fourth-order valence-electron chi connectivity index (χ4n) is 2.63. The van der Waals surface area contributed by atoms with E-state index in [9.17, 15) is 14.4 Å². The van der Waals surface area contributed by atoms with Gasteiger partial charge in [0.1, 0.15) is 5.75 Å². The molecule has 1 aliphatic rings. The quantitative estimate of drug-likeness (QED) is 0.444. The Kier molecular flexibility index (Phi) is 5.58. The smallest absolute Gasteiger partial charge is 0.261 e. The van der Waals surface area contributed by atoms with Gasteiger partial charge >= 0.3 is 0 Å². The summed E-state index contributed by atoms with van der Waals surface area (Å²) in [4.78, 5) is 36.7. The minimum absolute atomic E-state index is 0.180. The maximum absolute atomic E-state index is 12.1. The standard InChI is InChI=1S/C19H18N2O4S/c1-25-12-7-9-13(10-8-12)26-11-3-6-16(22)20-15-5-2-4-14-17(15)19(24)21-18(14)23/h2,4-5,7-10H,3,6,11H2,1H3,(H,20,22)(H,21,23,24). The summed E-state index contributed by atoms with van der Waals surface area (Å²) in [6.45, 7) is 0. The van der Waals surface area contributed by atoms with Crippen LogP contribution in [0.25, 0.3) is 0 Å². The van der Waals surface area contributed by atoms with Gasteiger partial charge in [0.25, 0.3) is 11.8 Å². The molecule has 0 aromatic heterocycles. The van der Waals surface area contributed by atoms with Crippen molar-refractivity contribution in [3.63, 3.8) is 0 Å². The van der Waals surface area contributed by atoms with Crippen LogP contribution in [0.15, 0.2) is 47.4 Å². The van der Waals surface area contributed by atoms with Crippen molar-refractivity contribution in [1.82, 2.24) is 5.32 Å². The van der Waals surface area contributed by atoms with Gasteiger partial charge in [-0.15, -0.1) is 11.8 Å². The van der Waals surface area contributed by atoms with Gasteiger partial charge in [0, 0.05) is 11.3 Å². The van der Waals surface area contributed by atoms with Gasteiger partial charge < -0.3 is 10.1 Å². The lowest BCUT2D eigenvalue weighted by Crippen LogP contribution is -2.20. The second kappa shape index (κ2) is 8.05. The first kappa shape index (κ1) is 18.0. The molecule has 1 aliphatic heterocycles. The van der Waals surface area contributed by atoms with Crippen molar-refractivity contribution in [2.24, 2.45) is 0 Å². The summed E-state index contributed by atoms with van der Waals surface area (Å²) in [5.74, 6) is 0.520. The van der Waals surface area contributed by atoms with Crippen LogP contribution in [0.4, 0.5) is 5.69 Å². The number of imide groups is 1. The van der Waals surface area contributed by atoms with Crippen molar-refractivity contribution >= 4 is 35.2 Å². The Balaban J connectivity index is 1.49. The van der Waals surface area contributed by atoms with Crippen LogP contribution in [0.1, 0.15) is 33.6 Å². The Morgan fingerprint density at radius 1 is 1.12 bits per heavy atom. The minimum Gasteiger partial charge on any atom is -0.497 e. The van der Waals surface area contributed by atoms with E-state index in [1.54, 1.807) is 37.1 Å². The van der Waals surface area contributed by atoms with Gasteiger partial charge in [0.15, 0.2) is 0 Å². The van der Waals surface area contributed by atoms with E-state index in [2.05, 4.69) is 10.6 Å². The number of carbonyl (C=O) groups is 3. The first-order valence-electron chi connectivity index (χ1n) is 8.14. The molecule has 0 radical (unpaired) electrons. The highest BCUT2D eigenvalue weighted by atomic mass is 32.2. The highest BCUT2D eigenvalue weighted by Gasteiger charge is 2.29. The summed E-state index contributed by atoms with van der Waals surface area (Å²) >= 11 is 1.66. The molecule has 2 aromatic rings. The fourth-order valence-corrected chi connectivity index (χ4v) is 3.48. The Morgan fingerprint density at radius 3 is 2.62 bits per heavy atom. The van der Waals surface area contributed by atoms with Gasteiger partial charge in [-0.3, -0.25) is 19.7 Å². The van der Waals surface area contributed by atoms with Gasteiger partial charge in [-0.2, -0.15) is 0 Å². The molecular weight excluding hydrogens is 352 g/mol. The van der Waals surface area contributed by atoms with Gasteiger partial charge in [-0.25, -0.2) is 0 Å². The van der Waals surface area contributed by atoms with Crippen LogP contribution < -0.4 is 15.4 Å². The summed E-state index contributed by atoms with van der Waals surface area (Å²) in [5, 5.41) is 4.96. The molecule has 0 unspecified atom stereocenters. The van der Waals surface area contributed by atoms with E-state index in [4.69, 9.17) is 4.74 Å². The van der Waals surface area contributed by atoms with E-state index in [-0.39, 0.29) is 11.5 Å². The number of ether oxygens (including phenoxy) is 1. The first-order chi connectivity index (χ1) is 12.6. The van der Waals surface area contributed by atoms with Crippen molar-refractivity contribution in [1.29, 1.82) is 0 Å². The molecule has 0 fully saturated rings. The van der Waals surface area contributed by atoms with Gasteiger partial charge in [0.2, 0.25) is 5.91 Å². The van der Waals surface area contributed by atoms with Crippen molar-refractivity contribution in [3.05, 3.63) is 53.6 Å². The highest BCUT2D eigenvalue weighted by molar-refractivity contribution is 7.99. The number of nitrogens with one attached hydrogen (secondary N) is 2. The summed E-state index contributed by atoms with van der Waals surface area (Å²) < 4.78 is 5.12. The maximum atomic E-state index is 12.1. The molecule has 0 spiro atoms. The third-order valence-corrected chi connectivity index (χ3v) is 5.01. The molecule has 2 N–H and O–H groups in total. The molecule has 2 aromatic carbocycles. The Hall–Kier alpha value is -2.80. The van der Waals surface area contributed by atoms with Crippen molar-refractivity contribution in [2.75, 3.05) is 18.2 Å². The number of hydrogen-bond acceptors (Lipinski definition) is 5. The third-order valence-electron chi connectivity index (χ3n) is 3.91. The number of methoxy groups -OCH3 is 1. The Labute approximate surface area is 155 Å². The topological polar surface area (TPSA) is 84.5 Å². The molecule has 0 saturated heterocycles. The maximum Gasteiger partial charge on any atom is 0.261 e. The van der Waals surface area contributed by atoms with Crippen LogP contribution in [0, 0.1) is 0 Å². The molecule has 3 amide bonds. The zero-order valence-electron chi connectivity index (χ0n) is 14.2. The number of hydrogen-bond donors (Lipinski definition) is 2. The molecule has 134 valence electrons. The van der Waals surface area contributed by atoms with E-state index in [0.717, 1.165) is 16.4 Å². The van der Waals surface area contributed by atoms with E-state index in [0.29, 0.717) is 24.1 Å². The zero-order chi connectivity index (χ0) is 18.5. The van der Waals surface area contributed by atoms with Gasteiger partial charge in [-0.1, -0.05) is 6.07 Å². The zero-order valence-corrected chi connectivity index (χ0v) is 15.0. The number of fused-ring (bicyclic) bond motifs is 1. The molecule has 26 heavy (non-hydrogen) atoms. The number of amides is 3. The van der Waals surface area contributed by atoms with Crippen LogP contribution in [-0.2, 0) is 4.79 Å². The summed E-state index contributed by atoms with van der Waals surface area (Å²) in [6, 6.07) is 12.6. The highest BCUT2D eigenvalue weighted by Crippen LogP contribution is 2.25. The van der Waals surface area contributed by atoms with Gasteiger partial charge in [-0.05, 0) is 48.6 Å².